The van der Waals surface area contributed by atoms with Crippen molar-refractivity contribution in [1.82, 2.24) is 0 Å². The predicted octanol–water partition coefficient (Wildman–Crippen LogP) is 13.7. The van der Waals surface area contributed by atoms with Crippen LogP contribution in [-0.4, -0.2) is 0 Å². The number of hydrogen-bond donors (Lipinski definition) is 0. The van der Waals surface area contributed by atoms with Crippen LogP contribution in [0.15, 0.2) is 192 Å². The molecule has 8 aromatic carbocycles. The van der Waals surface area contributed by atoms with Crippen LogP contribution >= 0.6 is 0 Å². The van der Waals surface area contributed by atoms with Crippen LogP contribution in [0.1, 0.15) is 47.2 Å². The van der Waals surface area contributed by atoms with Gasteiger partial charge < -0.3 is 9.32 Å². The number of hydrogen-bond acceptors (Lipinski definition) is 2. The van der Waals surface area contributed by atoms with Crippen LogP contribution in [0.5, 0.6) is 0 Å². The molecule has 1 aromatic heterocycles. The molecule has 2 nitrogen and oxygen atoms in total. The zero-order chi connectivity index (χ0) is 36.0. The highest BCUT2D eigenvalue weighted by Gasteiger charge is 2.42. The predicted molar refractivity (Wildman–Crippen MR) is 223 cm³/mol. The van der Waals surface area contributed by atoms with Gasteiger partial charge in [-0.3, -0.25) is 0 Å². The largest absolute Gasteiger partial charge is 0.456 e. The average molecular weight is 692 g/mol. The van der Waals surface area contributed by atoms with E-state index in [1.54, 1.807) is 0 Å². The first-order chi connectivity index (χ1) is 26.5. The number of furan rings is 1. The van der Waals surface area contributed by atoms with Gasteiger partial charge in [0.25, 0.3) is 0 Å². The van der Waals surface area contributed by atoms with Crippen LogP contribution in [0, 0.1) is 0 Å². The van der Waals surface area contributed by atoms with Gasteiger partial charge in [0.05, 0.1) is 0 Å². The van der Waals surface area contributed by atoms with Crippen molar-refractivity contribution in [3.63, 3.8) is 0 Å². The third-order valence-electron chi connectivity index (χ3n) is 12.4. The van der Waals surface area contributed by atoms with Gasteiger partial charge in [-0.2, -0.15) is 0 Å². The van der Waals surface area contributed by atoms with E-state index in [2.05, 4.69) is 201 Å². The summed E-state index contributed by atoms with van der Waals surface area (Å²) in [6.45, 7) is 4.76. The molecule has 0 aliphatic heterocycles. The van der Waals surface area contributed by atoms with Crippen molar-refractivity contribution in [3.8, 4) is 22.3 Å². The van der Waals surface area contributed by atoms with Crippen LogP contribution in [0.3, 0.4) is 0 Å². The molecule has 0 radical (unpaired) electrons. The van der Waals surface area contributed by atoms with Crippen molar-refractivity contribution in [2.24, 2.45) is 0 Å². The number of nitrogens with zero attached hydrogens (tertiary/aromatic N) is 1. The van der Waals surface area contributed by atoms with Crippen molar-refractivity contribution >= 4 is 39.0 Å². The van der Waals surface area contributed by atoms with E-state index >= 15 is 0 Å². The summed E-state index contributed by atoms with van der Waals surface area (Å²) in [7, 11) is 0. The first-order valence-corrected chi connectivity index (χ1v) is 18.8. The molecule has 0 amide bonds. The van der Waals surface area contributed by atoms with Crippen molar-refractivity contribution in [1.29, 1.82) is 0 Å². The van der Waals surface area contributed by atoms with E-state index in [0.717, 1.165) is 39.0 Å². The second-order valence-electron chi connectivity index (χ2n) is 15.1. The lowest BCUT2D eigenvalue weighted by Crippen LogP contribution is -2.22. The third-order valence-corrected chi connectivity index (χ3v) is 12.4. The molecule has 9 aromatic rings. The number of anilines is 3. The molecule has 0 bridgehead atoms. The lowest BCUT2D eigenvalue weighted by atomic mass is 9.74. The normalized spacial score (nSPS) is 18.0. The Morgan fingerprint density at radius 3 is 1.35 bits per heavy atom. The summed E-state index contributed by atoms with van der Waals surface area (Å²) >= 11 is 0. The van der Waals surface area contributed by atoms with Gasteiger partial charge in [-0.1, -0.05) is 140 Å². The molecule has 0 spiro atoms. The van der Waals surface area contributed by atoms with Crippen LogP contribution < -0.4 is 4.90 Å². The van der Waals surface area contributed by atoms with Gasteiger partial charge in [0.15, 0.2) is 0 Å². The fourth-order valence-electron chi connectivity index (χ4n) is 9.72. The highest BCUT2D eigenvalue weighted by molar-refractivity contribution is 6.06. The van der Waals surface area contributed by atoms with Gasteiger partial charge in [0, 0.05) is 38.7 Å². The number of benzene rings is 8. The third kappa shape index (κ3) is 4.22. The van der Waals surface area contributed by atoms with Gasteiger partial charge in [0.2, 0.25) is 0 Å². The highest BCUT2D eigenvalue weighted by Crippen LogP contribution is 2.56. The van der Waals surface area contributed by atoms with E-state index < -0.39 is 0 Å². The Balaban J connectivity index is 1.15. The van der Waals surface area contributed by atoms with E-state index in [-0.39, 0.29) is 10.8 Å². The number of rotatable bonds is 5. The van der Waals surface area contributed by atoms with E-state index in [1.165, 1.54) is 55.6 Å². The minimum atomic E-state index is -0.260. The standard InChI is InChI=1S/C52H37NO/c1-51(34-15-5-3-6-16-34)45-22-12-9-19-39(45)42-31-36(25-28-47(42)51)53(38-27-30-50-44(33-38)41-21-11-14-24-49(41)54-50)37-26-29-48-43(32-37)40-20-10-13-23-46(40)52(48,2)35-17-7-4-8-18-35/h3-33H,1-2H3. The van der Waals surface area contributed by atoms with Crippen LogP contribution in [0.2, 0.25) is 0 Å². The minimum Gasteiger partial charge on any atom is -0.456 e. The molecule has 0 N–H and O–H groups in total. The molecular formula is C52H37NO. The average Bonchev–Trinajstić information content (AvgIpc) is 3.83. The Morgan fingerprint density at radius 2 is 0.778 bits per heavy atom. The summed E-state index contributed by atoms with van der Waals surface area (Å²) in [6.07, 6.45) is 0. The van der Waals surface area contributed by atoms with Gasteiger partial charge in [-0.05, 0) is 118 Å². The van der Waals surface area contributed by atoms with E-state index in [9.17, 15) is 0 Å². The summed E-state index contributed by atoms with van der Waals surface area (Å²) in [6, 6.07) is 68.9. The van der Waals surface area contributed by atoms with E-state index in [4.69, 9.17) is 4.42 Å². The Morgan fingerprint density at radius 1 is 0.352 bits per heavy atom. The van der Waals surface area contributed by atoms with Crippen LogP contribution in [-0.2, 0) is 10.8 Å². The van der Waals surface area contributed by atoms with Gasteiger partial charge in [-0.15, -0.1) is 0 Å². The second-order valence-corrected chi connectivity index (χ2v) is 15.1. The van der Waals surface area contributed by atoms with Gasteiger partial charge in [0.1, 0.15) is 11.2 Å². The summed E-state index contributed by atoms with van der Waals surface area (Å²) < 4.78 is 6.31. The Hall–Kier alpha value is -6.64. The van der Waals surface area contributed by atoms with Crippen molar-refractivity contribution in [2.75, 3.05) is 4.90 Å². The topological polar surface area (TPSA) is 16.4 Å². The summed E-state index contributed by atoms with van der Waals surface area (Å²) in [5.41, 5.74) is 17.7. The van der Waals surface area contributed by atoms with Crippen molar-refractivity contribution in [3.05, 3.63) is 221 Å². The molecule has 2 aliphatic carbocycles. The quantitative estimate of drug-likeness (QED) is 0.179. The molecule has 0 saturated heterocycles. The minimum absolute atomic E-state index is 0.260. The summed E-state index contributed by atoms with van der Waals surface area (Å²) in [5, 5.41) is 2.23. The molecule has 2 heteroatoms. The summed E-state index contributed by atoms with van der Waals surface area (Å²) in [5.74, 6) is 0. The molecule has 1 heterocycles. The molecule has 0 saturated carbocycles. The summed E-state index contributed by atoms with van der Waals surface area (Å²) in [4.78, 5) is 2.43. The SMILES string of the molecule is CC1(c2ccccc2)c2ccccc2-c2cc(N(c3ccc4c(c3)-c3ccccc3C4(C)c3ccccc3)c3ccc4oc5ccccc5c4c3)ccc21. The van der Waals surface area contributed by atoms with Gasteiger partial charge >= 0.3 is 0 Å². The smallest absolute Gasteiger partial charge is 0.135 e. The molecular weight excluding hydrogens is 655 g/mol. The van der Waals surface area contributed by atoms with E-state index in [1.807, 2.05) is 6.07 Å². The van der Waals surface area contributed by atoms with Crippen LogP contribution in [0.25, 0.3) is 44.2 Å². The Bertz CT molecular complexity index is 2780. The molecule has 256 valence electrons. The molecule has 2 aliphatic rings. The molecule has 54 heavy (non-hydrogen) atoms. The first kappa shape index (κ1) is 30.9. The Kier molecular flexibility index (Phi) is 6.55. The number of fused-ring (bicyclic) bond motifs is 9. The monoisotopic (exact) mass is 691 g/mol. The lowest BCUT2D eigenvalue weighted by molar-refractivity contribution is 0.669. The van der Waals surface area contributed by atoms with Crippen LogP contribution in [0.4, 0.5) is 17.1 Å². The van der Waals surface area contributed by atoms with Crippen molar-refractivity contribution in [2.45, 2.75) is 24.7 Å². The fourth-order valence-corrected chi connectivity index (χ4v) is 9.72. The first-order valence-electron chi connectivity index (χ1n) is 18.8. The fraction of sp³-hybridized carbons (Fsp3) is 0.0769. The maximum atomic E-state index is 6.31. The zero-order valence-corrected chi connectivity index (χ0v) is 30.3. The number of para-hydroxylation sites is 1. The highest BCUT2D eigenvalue weighted by atomic mass is 16.3. The lowest BCUT2D eigenvalue weighted by Gasteiger charge is -2.30. The molecule has 0 fully saturated rings. The van der Waals surface area contributed by atoms with E-state index in [0.29, 0.717) is 0 Å². The zero-order valence-electron chi connectivity index (χ0n) is 30.3. The maximum absolute atomic E-state index is 6.31. The van der Waals surface area contributed by atoms with Crippen molar-refractivity contribution < 1.29 is 4.42 Å². The second kappa shape index (κ2) is 11.4. The molecule has 2 atom stereocenters. The Labute approximate surface area is 315 Å². The molecule has 2 unspecified atom stereocenters. The molecule has 11 rings (SSSR count). The van der Waals surface area contributed by atoms with Gasteiger partial charge in [-0.25, -0.2) is 0 Å². The maximum Gasteiger partial charge on any atom is 0.135 e.